The van der Waals surface area contributed by atoms with Crippen LogP contribution in [0.1, 0.15) is 65.3 Å². The van der Waals surface area contributed by atoms with Crippen LogP contribution in [0.4, 0.5) is 5.95 Å². The number of aromatic carboxylic acids is 1. The summed E-state index contributed by atoms with van der Waals surface area (Å²) in [4.78, 5) is 28.6. The molecule has 1 fully saturated rings. The SMILES string of the molecule is CCc1oc(C(=O)Nc2nc3ccccc3n2C2CCCC2)cc1C(=O)O. The van der Waals surface area contributed by atoms with E-state index in [1.807, 2.05) is 24.3 Å². The monoisotopic (exact) mass is 367 g/mol. The van der Waals surface area contributed by atoms with Gasteiger partial charge in [0.15, 0.2) is 5.76 Å². The molecule has 1 saturated carbocycles. The molecule has 27 heavy (non-hydrogen) atoms. The lowest BCUT2D eigenvalue weighted by atomic mass is 10.2. The van der Waals surface area contributed by atoms with Crippen molar-refractivity contribution < 1.29 is 19.1 Å². The first-order valence-electron chi connectivity index (χ1n) is 9.22. The number of fused-ring (bicyclic) bond motifs is 1. The minimum absolute atomic E-state index is 0.0192. The Hall–Kier alpha value is -3.09. The van der Waals surface area contributed by atoms with Gasteiger partial charge in [-0.1, -0.05) is 31.9 Å². The van der Waals surface area contributed by atoms with E-state index in [1.54, 1.807) is 6.92 Å². The van der Waals surface area contributed by atoms with E-state index in [9.17, 15) is 14.7 Å². The minimum Gasteiger partial charge on any atom is -0.478 e. The quantitative estimate of drug-likeness (QED) is 0.702. The van der Waals surface area contributed by atoms with E-state index in [4.69, 9.17) is 4.42 Å². The van der Waals surface area contributed by atoms with Crippen LogP contribution in [-0.2, 0) is 6.42 Å². The van der Waals surface area contributed by atoms with Crippen molar-refractivity contribution in [3.8, 4) is 0 Å². The molecule has 2 N–H and O–H groups in total. The average Bonchev–Trinajstić information content (AvgIpc) is 3.38. The molecule has 2 aromatic heterocycles. The molecule has 0 unspecified atom stereocenters. The maximum absolute atomic E-state index is 12.7. The molecule has 4 rings (SSSR count). The number of furan rings is 1. The Kier molecular flexibility index (Phi) is 4.43. The van der Waals surface area contributed by atoms with Crippen molar-refractivity contribution in [2.45, 2.75) is 45.1 Å². The summed E-state index contributed by atoms with van der Waals surface area (Å²) in [7, 11) is 0. The minimum atomic E-state index is -1.10. The number of hydrogen-bond acceptors (Lipinski definition) is 4. The number of para-hydroxylation sites is 2. The van der Waals surface area contributed by atoms with Gasteiger partial charge in [-0.3, -0.25) is 10.1 Å². The molecule has 7 heteroatoms. The molecule has 2 heterocycles. The summed E-state index contributed by atoms with van der Waals surface area (Å²) < 4.78 is 7.55. The molecule has 1 aliphatic carbocycles. The summed E-state index contributed by atoms with van der Waals surface area (Å²) in [5.74, 6) is -0.856. The van der Waals surface area contributed by atoms with Crippen LogP contribution < -0.4 is 5.32 Å². The van der Waals surface area contributed by atoms with Gasteiger partial charge in [-0.05, 0) is 25.0 Å². The number of aryl methyl sites for hydroxylation is 1. The Balaban J connectivity index is 1.70. The van der Waals surface area contributed by atoms with Gasteiger partial charge in [0.1, 0.15) is 11.3 Å². The lowest BCUT2D eigenvalue weighted by molar-refractivity contribution is 0.0694. The predicted molar refractivity (Wildman–Crippen MR) is 100 cm³/mol. The zero-order valence-corrected chi connectivity index (χ0v) is 15.1. The number of amides is 1. The molecule has 7 nitrogen and oxygen atoms in total. The fourth-order valence-electron chi connectivity index (χ4n) is 3.81. The van der Waals surface area contributed by atoms with E-state index in [-0.39, 0.29) is 17.1 Å². The smallest absolute Gasteiger partial charge is 0.339 e. The lowest BCUT2D eigenvalue weighted by Crippen LogP contribution is -2.17. The Morgan fingerprint density at radius 1 is 1.30 bits per heavy atom. The van der Waals surface area contributed by atoms with Gasteiger partial charge in [0.05, 0.1) is 11.0 Å². The van der Waals surface area contributed by atoms with Gasteiger partial charge in [-0.25, -0.2) is 9.78 Å². The molecule has 1 aromatic carbocycles. The highest BCUT2D eigenvalue weighted by molar-refractivity contribution is 6.04. The first-order valence-corrected chi connectivity index (χ1v) is 9.22. The van der Waals surface area contributed by atoms with E-state index in [0.29, 0.717) is 18.4 Å². The molecule has 1 amide bonds. The Morgan fingerprint density at radius 2 is 2.04 bits per heavy atom. The molecular weight excluding hydrogens is 346 g/mol. The van der Waals surface area contributed by atoms with Crippen molar-refractivity contribution in [3.05, 3.63) is 47.4 Å². The fourth-order valence-corrected chi connectivity index (χ4v) is 3.81. The molecule has 0 aliphatic heterocycles. The largest absolute Gasteiger partial charge is 0.478 e. The number of aromatic nitrogens is 2. The number of nitrogens with one attached hydrogen (secondary N) is 1. The van der Waals surface area contributed by atoms with Crippen molar-refractivity contribution >= 4 is 28.9 Å². The van der Waals surface area contributed by atoms with Crippen LogP contribution in [0.5, 0.6) is 0 Å². The molecular formula is C20H21N3O4. The van der Waals surface area contributed by atoms with Gasteiger partial charge in [0, 0.05) is 18.5 Å². The Morgan fingerprint density at radius 3 is 2.70 bits per heavy atom. The van der Waals surface area contributed by atoms with Gasteiger partial charge in [-0.2, -0.15) is 0 Å². The first kappa shape index (κ1) is 17.3. The van der Waals surface area contributed by atoms with E-state index >= 15 is 0 Å². The van der Waals surface area contributed by atoms with E-state index in [1.165, 1.54) is 6.07 Å². The number of rotatable bonds is 5. The van der Waals surface area contributed by atoms with Crippen molar-refractivity contribution in [2.75, 3.05) is 5.32 Å². The number of hydrogen-bond donors (Lipinski definition) is 2. The normalized spacial score (nSPS) is 14.7. The van der Waals surface area contributed by atoms with Gasteiger partial charge < -0.3 is 14.1 Å². The maximum atomic E-state index is 12.7. The number of carbonyl (C=O) groups is 2. The number of carboxylic acid groups (broad SMARTS) is 1. The van der Waals surface area contributed by atoms with Crippen LogP contribution in [0.25, 0.3) is 11.0 Å². The summed E-state index contributed by atoms with van der Waals surface area (Å²) in [5, 5.41) is 12.1. The summed E-state index contributed by atoms with van der Waals surface area (Å²) in [6, 6.07) is 9.37. The second kappa shape index (κ2) is 6.90. The number of nitrogens with zero attached hydrogens (tertiary/aromatic N) is 2. The number of benzene rings is 1. The Bertz CT molecular complexity index is 1010. The van der Waals surface area contributed by atoms with Gasteiger partial charge in [0.25, 0.3) is 5.91 Å². The van der Waals surface area contributed by atoms with Gasteiger partial charge in [0.2, 0.25) is 5.95 Å². The van der Waals surface area contributed by atoms with Crippen LogP contribution in [0.3, 0.4) is 0 Å². The maximum Gasteiger partial charge on any atom is 0.339 e. The molecule has 140 valence electrons. The summed E-state index contributed by atoms with van der Waals surface area (Å²) in [6.45, 7) is 1.78. The van der Waals surface area contributed by atoms with E-state index in [0.717, 1.165) is 36.7 Å². The molecule has 1 aliphatic rings. The van der Waals surface area contributed by atoms with Crippen molar-refractivity contribution in [1.82, 2.24) is 9.55 Å². The van der Waals surface area contributed by atoms with Crippen LogP contribution in [0.15, 0.2) is 34.7 Å². The van der Waals surface area contributed by atoms with E-state index < -0.39 is 11.9 Å². The van der Waals surface area contributed by atoms with Crippen LogP contribution in [0.2, 0.25) is 0 Å². The van der Waals surface area contributed by atoms with E-state index in [2.05, 4.69) is 14.9 Å². The third-order valence-electron chi connectivity index (χ3n) is 5.10. The summed E-state index contributed by atoms with van der Waals surface area (Å²) >= 11 is 0. The fraction of sp³-hybridized carbons (Fsp3) is 0.350. The first-order chi connectivity index (χ1) is 13.1. The molecule has 0 saturated heterocycles. The summed E-state index contributed by atoms with van der Waals surface area (Å²) in [6.07, 6.45) is 4.81. The molecule has 0 spiro atoms. The third kappa shape index (κ3) is 3.09. The Labute approximate surface area is 156 Å². The topological polar surface area (TPSA) is 97.4 Å². The van der Waals surface area contributed by atoms with Crippen molar-refractivity contribution in [1.29, 1.82) is 0 Å². The molecule has 0 atom stereocenters. The highest BCUT2D eigenvalue weighted by Crippen LogP contribution is 2.35. The van der Waals surface area contributed by atoms with Crippen LogP contribution in [0, 0.1) is 0 Å². The van der Waals surface area contributed by atoms with Gasteiger partial charge in [-0.15, -0.1) is 0 Å². The second-order valence-electron chi connectivity index (χ2n) is 6.79. The number of imidazole rings is 1. The number of anilines is 1. The number of carbonyl (C=O) groups excluding carboxylic acids is 1. The van der Waals surface area contributed by atoms with Gasteiger partial charge >= 0.3 is 5.97 Å². The standard InChI is InChI=1S/C20H21N3O4/c1-2-16-13(19(25)26)11-17(27-16)18(24)22-20-21-14-9-5-6-10-15(14)23(20)12-7-3-4-8-12/h5-6,9-12H,2-4,7-8H2,1H3,(H,25,26)(H,21,22,24). The molecule has 0 bridgehead atoms. The molecule has 0 radical (unpaired) electrons. The lowest BCUT2D eigenvalue weighted by Gasteiger charge is -2.16. The summed E-state index contributed by atoms with van der Waals surface area (Å²) in [5.41, 5.74) is 1.83. The second-order valence-corrected chi connectivity index (χ2v) is 6.79. The van der Waals surface area contributed by atoms with Crippen molar-refractivity contribution in [2.24, 2.45) is 0 Å². The average molecular weight is 367 g/mol. The van der Waals surface area contributed by atoms with Crippen LogP contribution >= 0.6 is 0 Å². The number of carboxylic acids is 1. The predicted octanol–water partition coefficient (Wildman–Crippen LogP) is 4.26. The third-order valence-corrected chi connectivity index (χ3v) is 5.10. The molecule has 3 aromatic rings. The van der Waals surface area contributed by atoms with Crippen molar-refractivity contribution in [3.63, 3.8) is 0 Å². The zero-order chi connectivity index (χ0) is 19.0. The highest BCUT2D eigenvalue weighted by atomic mass is 16.4. The van der Waals surface area contributed by atoms with Crippen LogP contribution in [-0.4, -0.2) is 26.5 Å². The zero-order valence-electron chi connectivity index (χ0n) is 15.1. The highest BCUT2D eigenvalue weighted by Gasteiger charge is 2.25.